The number of carboxylic acid groups (broad SMARTS) is 1. The third-order valence-corrected chi connectivity index (χ3v) is 3.10. The Morgan fingerprint density at radius 2 is 1.95 bits per heavy atom. The van der Waals surface area contributed by atoms with E-state index in [-0.39, 0.29) is 5.56 Å². The van der Waals surface area contributed by atoms with E-state index in [0.717, 1.165) is 16.5 Å². The van der Waals surface area contributed by atoms with Crippen molar-refractivity contribution in [2.75, 3.05) is 0 Å². The van der Waals surface area contributed by atoms with Crippen molar-refractivity contribution in [1.29, 1.82) is 0 Å². The summed E-state index contributed by atoms with van der Waals surface area (Å²) in [7, 11) is 0. The maximum Gasteiger partial charge on any atom is 0.338 e. The summed E-state index contributed by atoms with van der Waals surface area (Å²) in [4.78, 5) is 14.1. The summed E-state index contributed by atoms with van der Waals surface area (Å²) in [6, 6.07) is 11.8. The standard InChI is InChI=1S/C15H10FNO2/c16-13-6-5-9(7-11(13)15(18)19)12-8-17-14-4-2-1-3-10(12)14/h1-8,17H,(H,18,19). The van der Waals surface area contributed by atoms with Crippen molar-refractivity contribution < 1.29 is 14.3 Å². The molecule has 0 radical (unpaired) electrons. The number of aromatic carboxylic acids is 1. The van der Waals surface area contributed by atoms with Crippen molar-refractivity contribution >= 4 is 16.9 Å². The van der Waals surface area contributed by atoms with Gasteiger partial charge in [0.1, 0.15) is 5.82 Å². The summed E-state index contributed by atoms with van der Waals surface area (Å²) >= 11 is 0. The summed E-state index contributed by atoms with van der Waals surface area (Å²) in [5.74, 6) is -1.99. The minimum Gasteiger partial charge on any atom is -0.478 e. The van der Waals surface area contributed by atoms with Gasteiger partial charge in [-0.1, -0.05) is 24.3 Å². The minimum atomic E-state index is -1.26. The first kappa shape index (κ1) is 11.5. The summed E-state index contributed by atoms with van der Waals surface area (Å²) in [6.45, 7) is 0. The van der Waals surface area contributed by atoms with Crippen molar-refractivity contribution in [1.82, 2.24) is 4.98 Å². The molecule has 0 spiro atoms. The first-order chi connectivity index (χ1) is 9.16. The molecule has 0 amide bonds. The van der Waals surface area contributed by atoms with Crippen LogP contribution in [0.1, 0.15) is 10.4 Å². The highest BCUT2D eigenvalue weighted by Crippen LogP contribution is 2.29. The molecule has 0 saturated heterocycles. The van der Waals surface area contributed by atoms with Crippen LogP contribution in [0.5, 0.6) is 0 Å². The third kappa shape index (κ3) is 1.87. The lowest BCUT2D eigenvalue weighted by Gasteiger charge is -2.03. The van der Waals surface area contributed by atoms with Crippen LogP contribution >= 0.6 is 0 Å². The number of fused-ring (bicyclic) bond motifs is 1. The molecule has 0 unspecified atom stereocenters. The number of halogens is 1. The predicted molar refractivity (Wildman–Crippen MR) is 70.7 cm³/mol. The van der Waals surface area contributed by atoms with Crippen LogP contribution in [0.4, 0.5) is 4.39 Å². The number of aromatic amines is 1. The first-order valence-electron chi connectivity index (χ1n) is 5.76. The molecule has 2 aromatic carbocycles. The van der Waals surface area contributed by atoms with Crippen LogP contribution in [0.2, 0.25) is 0 Å². The van der Waals surface area contributed by atoms with E-state index < -0.39 is 11.8 Å². The van der Waals surface area contributed by atoms with E-state index in [4.69, 9.17) is 5.11 Å². The number of hydrogen-bond donors (Lipinski definition) is 2. The lowest BCUT2D eigenvalue weighted by Crippen LogP contribution is -2.00. The number of para-hydroxylation sites is 1. The molecule has 0 bridgehead atoms. The minimum absolute atomic E-state index is 0.317. The average molecular weight is 255 g/mol. The van der Waals surface area contributed by atoms with E-state index in [0.29, 0.717) is 5.56 Å². The Bertz CT molecular complexity index is 777. The normalized spacial score (nSPS) is 10.8. The lowest BCUT2D eigenvalue weighted by molar-refractivity contribution is 0.0692. The molecule has 0 fully saturated rings. The Kier molecular flexibility index (Phi) is 2.56. The molecule has 3 aromatic rings. The van der Waals surface area contributed by atoms with Crippen LogP contribution < -0.4 is 0 Å². The van der Waals surface area contributed by atoms with E-state index in [9.17, 15) is 9.18 Å². The van der Waals surface area contributed by atoms with Crippen LogP contribution in [0.3, 0.4) is 0 Å². The second-order valence-corrected chi connectivity index (χ2v) is 4.25. The zero-order chi connectivity index (χ0) is 13.4. The van der Waals surface area contributed by atoms with Crippen LogP contribution in [0.25, 0.3) is 22.0 Å². The topological polar surface area (TPSA) is 53.1 Å². The summed E-state index contributed by atoms with van der Waals surface area (Å²) < 4.78 is 13.4. The fraction of sp³-hybridized carbons (Fsp3) is 0. The van der Waals surface area contributed by atoms with Gasteiger partial charge < -0.3 is 10.1 Å². The summed E-state index contributed by atoms with van der Waals surface area (Å²) in [6.07, 6.45) is 1.80. The van der Waals surface area contributed by atoms with Crippen LogP contribution in [0, 0.1) is 5.82 Å². The first-order valence-corrected chi connectivity index (χ1v) is 5.76. The number of rotatable bonds is 2. The molecule has 1 aromatic heterocycles. The van der Waals surface area contributed by atoms with Crippen LogP contribution in [0.15, 0.2) is 48.7 Å². The van der Waals surface area contributed by atoms with Gasteiger partial charge in [0.15, 0.2) is 0 Å². The molecule has 19 heavy (non-hydrogen) atoms. The number of carbonyl (C=O) groups is 1. The number of carboxylic acids is 1. The monoisotopic (exact) mass is 255 g/mol. The molecule has 0 atom stereocenters. The van der Waals surface area contributed by atoms with Gasteiger partial charge in [0, 0.05) is 22.7 Å². The Morgan fingerprint density at radius 3 is 2.74 bits per heavy atom. The van der Waals surface area contributed by atoms with Gasteiger partial charge in [0.2, 0.25) is 0 Å². The molecule has 4 heteroatoms. The number of nitrogens with one attached hydrogen (secondary N) is 1. The number of benzene rings is 2. The van der Waals surface area contributed by atoms with Gasteiger partial charge in [-0.2, -0.15) is 0 Å². The highest BCUT2D eigenvalue weighted by molar-refractivity contribution is 5.97. The second-order valence-electron chi connectivity index (χ2n) is 4.25. The van der Waals surface area contributed by atoms with Gasteiger partial charge in [0.25, 0.3) is 0 Å². The molecule has 0 aliphatic heterocycles. The van der Waals surface area contributed by atoms with Gasteiger partial charge in [-0.3, -0.25) is 0 Å². The molecule has 0 saturated carbocycles. The second kappa shape index (κ2) is 4.24. The molecular formula is C15H10FNO2. The molecular weight excluding hydrogens is 245 g/mol. The van der Waals surface area contributed by atoms with Crippen molar-refractivity contribution in [3.05, 3.63) is 60.0 Å². The van der Waals surface area contributed by atoms with E-state index in [1.165, 1.54) is 12.1 Å². The SMILES string of the molecule is O=C(O)c1cc(-c2c[nH]c3ccccc23)ccc1F. The quantitative estimate of drug-likeness (QED) is 0.734. The van der Waals surface area contributed by atoms with E-state index >= 15 is 0 Å². The fourth-order valence-corrected chi connectivity index (χ4v) is 2.17. The van der Waals surface area contributed by atoms with Crippen molar-refractivity contribution in [2.45, 2.75) is 0 Å². The molecule has 2 N–H and O–H groups in total. The number of hydrogen-bond acceptors (Lipinski definition) is 1. The highest BCUT2D eigenvalue weighted by Gasteiger charge is 2.13. The molecule has 3 rings (SSSR count). The molecule has 1 heterocycles. The van der Waals surface area contributed by atoms with Crippen molar-refractivity contribution in [2.24, 2.45) is 0 Å². The van der Waals surface area contributed by atoms with E-state index in [2.05, 4.69) is 4.98 Å². The fourth-order valence-electron chi connectivity index (χ4n) is 2.17. The average Bonchev–Trinajstić information content (AvgIpc) is 2.83. The third-order valence-electron chi connectivity index (χ3n) is 3.10. The maximum absolute atomic E-state index is 13.4. The van der Waals surface area contributed by atoms with Gasteiger partial charge in [0.05, 0.1) is 5.56 Å². The van der Waals surface area contributed by atoms with Gasteiger partial charge in [-0.25, -0.2) is 9.18 Å². The zero-order valence-corrected chi connectivity index (χ0v) is 9.85. The largest absolute Gasteiger partial charge is 0.478 e. The molecule has 0 aliphatic rings. The number of H-pyrrole nitrogens is 1. The Hall–Kier alpha value is -2.62. The number of aromatic nitrogens is 1. The van der Waals surface area contributed by atoms with Crippen LogP contribution in [-0.2, 0) is 0 Å². The van der Waals surface area contributed by atoms with Gasteiger partial charge in [-0.05, 0) is 23.8 Å². The van der Waals surface area contributed by atoms with Crippen LogP contribution in [-0.4, -0.2) is 16.1 Å². The maximum atomic E-state index is 13.4. The Morgan fingerprint density at radius 1 is 1.16 bits per heavy atom. The van der Waals surface area contributed by atoms with Gasteiger partial charge in [-0.15, -0.1) is 0 Å². The molecule has 3 nitrogen and oxygen atoms in total. The van der Waals surface area contributed by atoms with Gasteiger partial charge >= 0.3 is 5.97 Å². The Balaban J connectivity index is 2.22. The van der Waals surface area contributed by atoms with E-state index in [1.54, 1.807) is 12.3 Å². The van der Waals surface area contributed by atoms with Crippen molar-refractivity contribution in [3.8, 4) is 11.1 Å². The predicted octanol–water partition coefficient (Wildman–Crippen LogP) is 3.67. The smallest absolute Gasteiger partial charge is 0.338 e. The van der Waals surface area contributed by atoms with E-state index in [1.807, 2.05) is 24.3 Å². The zero-order valence-electron chi connectivity index (χ0n) is 9.85. The Labute approximate surface area is 108 Å². The van der Waals surface area contributed by atoms with Crippen molar-refractivity contribution in [3.63, 3.8) is 0 Å². The lowest BCUT2D eigenvalue weighted by atomic mass is 10.0. The highest BCUT2D eigenvalue weighted by atomic mass is 19.1. The summed E-state index contributed by atoms with van der Waals surface area (Å²) in [5, 5.41) is 9.93. The molecule has 94 valence electrons. The molecule has 0 aliphatic carbocycles. The summed E-state index contributed by atoms with van der Waals surface area (Å²) in [5.41, 5.74) is 2.18.